The van der Waals surface area contributed by atoms with Crippen LogP contribution in [0.15, 0.2) is 18.2 Å². The Hall–Kier alpha value is -1.79. The van der Waals surface area contributed by atoms with E-state index in [2.05, 4.69) is 10.2 Å². The standard InChI is InChI=1S/C20H28N2O4/c23-19(14-20(5-1-2-6-20)22-7-9-24-10-8-22)21-15-16-3-4-17-18(13-16)26-12-11-25-17/h3-4,13H,1-2,5-12,14-15H2,(H,21,23). The molecule has 1 aromatic rings. The van der Waals surface area contributed by atoms with E-state index in [1.807, 2.05) is 18.2 Å². The predicted molar refractivity (Wildman–Crippen MR) is 97.5 cm³/mol. The highest BCUT2D eigenvalue weighted by Crippen LogP contribution is 2.38. The Balaban J connectivity index is 1.35. The summed E-state index contributed by atoms with van der Waals surface area (Å²) < 4.78 is 16.7. The Labute approximate surface area is 154 Å². The van der Waals surface area contributed by atoms with Gasteiger partial charge in [-0.1, -0.05) is 18.9 Å². The summed E-state index contributed by atoms with van der Waals surface area (Å²) in [5, 5.41) is 3.10. The predicted octanol–water partition coefficient (Wildman–Crippen LogP) is 2.11. The van der Waals surface area contributed by atoms with Crippen LogP contribution in [0, 0.1) is 0 Å². The second kappa shape index (κ2) is 7.84. The number of carbonyl (C=O) groups excluding carboxylic acids is 1. The zero-order chi connectivity index (χ0) is 17.8. The van der Waals surface area contributed by atoms with Gasteiger partial charge in [-0.25, -0.2) is 0 Å². The van der Waals surface area contributed by atoms with Crippen molar-refractivity contribution >= 4 is 5.91 Å². The monoisotopic (exact) mass is 360 g/mol. The largest absolute Gasteiger partial charge is 0.486 e. The summed E-state index contributed by atoms with van der Waals surface area (Å²) in [5.41, 5.74) is 1.06. The minimum absolute atomic E-state index is 0.0284. The molecule has 6 nitrogen and oxygen atoms in total. The molecule has 2 aliphatic heterocycles. The number of fused-ring (bicyclic) bond motifs is 1. The fourth-order valence-corrected chi connectivity index (χ4v) is 4.44. The molecule has 26 heavy (non-hydrogen) atoms. The van der Waals surface area contributed by atoms with Crippen molar-refractivity contribution in [3.63, 3.8) is 0 Å². The lowest BCUT2D eigenvalue weighted by Crippen LogP contribution is -2.53. The quantitative estimate of drug-likeness (QED) is 0.871. The summed E-state index contributed by atoms with van der Waals surface area (Å²) in [4.78, 5) is 15.2. The molecule has 1 aromatic carbocycles. The number of hydrogen-bond acceptors (Lipinski definition) is 5. The minimum Gasteiger partial charge on any atom is -0.486 e. The van der Waals surface area contributed by atoms with Gasteiger partial charge in [-0.15, -0.1) is 0 Å². The third-order valence-corrected chi connectivity index (χ3v) is 5.80. The van der Waals surface area contributed by atoms with E-state index in [1.165, 1.54) is 12.8 Å². The highest BCUT2D eigenvalue weighted by molar-refractivity contribution is 5.77. The lowest BCUT2D eigenvalue weighted by Gasteiger charge is -2.43. The van der Waals surface area contributed by atoms with Gasteiger partial charge in [0.2, 0.25) is 5.91 Å². The number of morpholine rings is 1. The molecule has 1 amide bonds. The van der Waals surface area contributed by atoms with E-state index in [9.17, 15) is 4.79 Å². The first kappa shape index (κ1) is 17.6. The molecule has 0 radical (unpaired) electrons. The van der Waals surface area contributed by atoms with Crippen molar-refractivity contribution < 1.29 is 19.0 Å². The summed E-state index contributed by atoms with van der Waals surface area (Å²) >= 11 is 0. The molecule has 142 valence electrons. The maximum atomic E-state index is 12.7. The molecule has 0 spiro atoms. The van der Waals surface area contributed by atoms with Crippen LogP contribution in [0.1, 0.15) is 37.7 Å². The summed E-state index contributed by atoms with van der Waals surface area (Å²) in [6.07, 6.45) is 5.24. The van der Waals surface area contributed by atoms with Crippen molar-refractivity contribution in [1.29, 1.82) is 0 Å². The molecule has 0 aromatic heterocycles. The van der Waals surface area contributed by atoms with Crippen molar-refractivity contribution in [2.24, 2.45) is 0 Å². The third-order valence-electron chi connectivity index (χ3n) is 5.80. The van der Waals surface area contributed by atoms with E-state index >= 15 is 0 Å². The molecular weight excluding hydrogens is 332 g/mol. The van der Waals surface area contributed by atoms with Crippen LogP contribution < -0.4 is 14.8 Å². The molecule has 3 aliphatic rings. The minimum atomic E-state index is 0.0284. The van der Waals surface area contributed by atoms with E-state index < -0.39 is 0 Å². The highest BCUT2D eigenvalue weighted by atomic mass is 16.6. The fraction of sp³-hybridized carbons (Fsp3) is 0.650. The maximum Gasteiger partial charge on any atom is 0.222 e. The third kappa shape index (κ3) is 3.81. The van der Waals surface area contributed by atoms with Gasteiger partial charge in [-0.2, -0.15) is 0 Å². The number of carbonyl (C=O) groups is 1. The van der Waals surface area contributed by atoms with Crippen molar-refractivity contribution in [3.8, 4) is 11.5 Å². The van der Waals surface area contributed by atoms with Gasteiger partial charge < -0.3 is 19.5 Å². The first-order valence-corrected chi connectivity index (χ1v) is 9.73. The Morgan fingerprint density at radius 1 is 1.04 bits per heavy atom. The Morgan fingerprint density at radius 3 is 2.54 bits per heavy atom. The number of benzene rings is 1. The highest BCUT2D eigenvalue weighted by Gasteiger charge is 2.41. The first-order valence-electron chi connectivity index (χ1n) is 9.73. The second-order valence-electron chi connectivity index (χ2n) is 7.46. The molecule has 0 atom stereocenters. The molecule has 0 bridgehead atoms. The summed E-state index contributed by atoms with van der Waals surface area (Å²) in [7, 11) is 0. The van der Waals surface area contributed by atoms with Crippen LogP contribution in [0.3, 0.4) is 0 Å². The fourth-order valence-electron chi connectivity index (χ4n) is 4.44. The molecule has 2 heterocycles. The van der Waals surface area contributed by atoms with Gasteiger partial charge in [0.15, 0.2) is 11.5 Å². The van der Waals surface area contributed by atoms with Gasteiger partial charge in [-0.3, -0.25) is 9.69 Å². The van der Waals surface area contributed by atoms with Crippen LogP contribution >= 0.6 is 0 Å². The summed E-state index contributed by atoms with van der Waals surface area (Å²) in [6.45, 7) is 5.12. The van der Waals surface area contributed by atoms with Gasteiger partial charge in [0.25, 0.3) is 0 Å². The second-order valence-corrected chi connectivity index (χ2v) is 7.46. The van der Waals surface area contributed by atoms with Crippen LogP contribution in [-0.2, 0) is 16.1 Å². The van der Waals surface area contributed by atoms with Crippen LogP contribution in [0.2, 0.25) is 0 Å². The van der Waals surface area contributed by atoms with E-state index in [0.717, 1.165) is 56.2 Å². The number of amides is 1. The molecule has 1 N–H and O–H groups in total. The van der Waals surface area contributed by atoms with Gasteiger partial charge in [0.1, 0.15) is 13.2 Å². The maximum absolute atomic E-state index is 12.7. The lowest BCUT2D eigenvalue weighted by atomic mass is 9.90. The topological polar surface area (TPSA) is 60.0 Å². The lowest BCUT2D eigenvalue weighted by molar-refractivity contribution is -0.125. The Morgan fingerprint density at radius 2 is 1.77 bits per heavy atom. The summed E-state index contributed by atoms with van der Waals surface area (Å²) in [5.74, 6) is 1.68. The number of hydrogen-bond donors (Lipinski definition) is 1. The van der Waals surface area contributed by atoms with E-state index in [1.54, 1.807) is 0 Å². The van der Waals surface area contributed by atoms with Crippen molar-refractivity contribution in [3.05, 3.63) is 23.8 Å². The zero-order valence-electron chi connectivity index (χ0n) is 15.3. The van der Waals surface area contributed by atoms with E-state index in [0.29, 0.717) is 26.2 Å². The van der Waals surface area contributed by atoms with E-state index in [-0.39, 0.29) is 11.4 Å². The van der Waals surface area contributed by atoms with Crippen LogP contribution in [-0.4, -0.2) is 55.9 Å². The first-order chi connectivity index (χ1) is 12.8. The van der Waals surface area contributed by atoms with Crippen molar-refractivity contribution in [1.82, 2.24) is 10.2 Å². The van der Waals surface area contributed by atoms with E-state index in [4.69, 9.17) is 14.2 Å². The molecule has 1 aliphatic carbocycles. The Kier molecular flexibility index (Phi) is 5.31. The average molecular weight is 360 g/mol. The van der Waals surface area contributed by atoms with Crippen LogP contribution in [0.25, 0.3) is 0 Å². The van der Waals surface area contributed by atoms with Gasteiger partial charge >= 0.3 is 0 Å². The molecule has 0 unspecified atom stereocenters. The SMILES string of the molecule is O=C(CC1(N2CCOCC2)CCCC1)NCc1ccc2c(c1)OCCO2. The number of nitrogens with zero attached hydrogens (tertiary/aromatic N) is 1. The molecular formula is C20H28N2O4. The van der Waals surface area contributed by atoms with Crippen molar-refractivity contribution in [2.75, 3.05) is 39.5 Å². The normalized spacial score (nSPS) is 22.2. The number of rotatable bonds is 5. The average Bonchev–Trinajstić information content (AvgIpc) is 3.16. The van der Waals surface area contributed by atoms with Crippen LogP contribution in [0.4, 0.5) is 0 Å². The molecule has 1 saturated carbocycles. The molecule has 4 rings (SSSR count). The molecule has 1 saturated heterocycles. The number of nitrogens with one attached hydrogen (secondary N) is 1. The Bertz CT molecular complexity index is 637. The van der Waals surface area contributed by atoms with Gasteiger partial charge in [0, 0.05) is 31.6 Å². The smallest absolute Gasteiger partial charge is 0.222 e. The van der Waals surface area contributed by atoms with Crippen LogP contribution in [0.5, 0.6) is 11.5 Å². The van der Waals surface area contributed by atoms with Gasteiger partial charge in [0.05, 0.1) is 13.2 Å². The van der Waals surface area contributed by atoms with Gasteiger partial charge in [-0.05, 0) is 30.5 Å². The van der Waals surface area contributed by atoms with Crippen molar-refractivity contribution in [2.45, 2.75) is 44.2 Å². The summed E-state index contributed by atoms with van der Waals surface area (Å²) in [6, 6.07) is 5.87. The molecule has 2 fully saturated rings. The zero-order valence-corrected chi connectivity index (χ0v) is 15.3. The molecule has 6 heteroatoms. The number of ether oxygens (including phenoxy) is 3.